The van der Waals surface area contributed by atoms with E-state index < -0.39 is 0 Å². The van der Waals surface area contributed by atoms with Gasteiger partial charge in [-0.25, -0.2) is 0 Å². The first kappa shape index (κ1) is 24.6. The molecule has 0 radical (unpaired) electrons. The maximum absolute atomic E-state index is 11.8. The van der Waals surface area contributed by atoms with Gasteiger partial charge in [-0.1, -0.05) is 12.1 Å². The van der Waals surface area contributed by atoms with E-state index in [-0.39, 0.29) is 29.9 Å². The lowest BCUT2D eigenvalue weighted by Crippen LogP contribution is -2.38. The Hall–Kier alpha value is -1.39. The number of methoxy groups -OCH3 is 1. The van der Waals surface area contributed by atoms with Crippen LogP contribution in [0.15, 0.2) is 29.3 Å². The van der Waals surface area contributed by atoms with Crippen molar-refractivity contribution in [3.63, 3.8) is 0 Å². The van der Waals surface area contributed by atoms with Gasteiger partial charge in [-0.2, -0.15) is 0 Å². The number of amides is 1. The third kappa shape index (κ3) is 8.32. The number of benzene rings is 1. The van der Waals surface area contributed by atoms with E-state index in [2.05, 4.69) is 39.7 Å². The first-order valence-corrected chi connectivity index (χ1v) is 9.65. The molecule has 0 aromatic heterocycles. The number of nitrogens with one attached hydrogen (secondary N) is 2. The summed E-state index contributed by atoms with van der Waals surface area (Å²) < 4.78 is 5.08. The summed E-state index contributed by atoms with van der Waals surface area (Å²) in [4.78, 5) is 20.2. The van der Waals surface area contributed by atoms with Gasteiger partial charge in [0.25, 0.3) is 0 Å². The number of hydrogen-bond donors (Lipinski definition) is 2. The summed E-state index contributed by atoms with van der Waals surface area (Å²) in [6.07, 6.45) is 2.65. The minimum absolute atomic E-state index is 0. The average molecular weight is 503 g/mol. The standard InChI is InChI=1S/C20H33N5O2.HI/c1-21-20(22-11-5-12-24(2)14-15-27-3)23-16-17-7-9-18(10-8-17)25-13-4-6-19(25)26;/h7-10H,4-6,11-16H2,1-3H3,(H2,21,22,23);1H. The molecule has 0 bridgehead atoms. The SMILES string of the molecule is CN=C(NCCCN(C)CCOC)NCc1ccc(N2CCCC2=O)cc1.I. The lowest BCUT2D eigenvalue weighted by Gasteiger charge is -2.17. The second kappa shape index (κ2) is 13.7. The van der Waals surface area contributed by atoms with E-state index in [0.29, 0.717) is 13.0 Å². The zero-order valence-corrected chi connectivity index (χ0v) is 19.6. The Morgan fingerprint density at radius 1 is 1.25 bits per heavy atom. The van der Waals surface area contributed by atoms with Gasteiger partial charge in [0.1, 0.15) is 0 Å². The van der Waals surface area contributed by atoms with Crippen molar-refractivity contribution in [1.82, 2.24) is 15.5 Å². The van der Waals surface area contributed by atoms with Crippen LogP contribution in [0.2, 0.25) is 0 Å². The minimum Gasteiger partial charge on any atom is -0.383 e. The quantitative estimate of drug-likeness (QED) is 0.222. The normalized spacial score (nSPS) is 14.4. The molecule has 1 fully saturated rings. The molecule has 0 unspecified atom stereocenters. The molecule has 2 N–H and O–H groups in total. The first-order valence-electron chi connectivity index (χ1n) is 9.65. The van der Waals surface area contributed by atoms with E-state index in [1.54, 1.807) is 14.2 Å². The number of carbonyl (C=O) groups is 1. The van der Waals surface area contributed by atoms with Crippen molar-refractivity contribution >= 4 is 41.5 Å². The van der Waals surface area contributed by atoms with Crippen molar-refractivity contribution in [2.45, 2.75) is 25.8 Å². The molecule has 1 aliphatic rings. The Morgan fingerprint density at radius 2 is 2.00 bits per heavy atom. The highest BCUT2D eigenvalue weighted by Crippen LogP contribution is 2.21. The molecule has 1 aromatic rings. The first-order chi connectivity index (χ1) is 13.1. The van der Waals surface area contributed by atoms with Gasteiger partial charge in [0.05, 0.1) is 6.61 Å². The lowest BCUT2D eigenvalue weighted by atomic mass is 10.2. The van der Waals surface area contributed by atoms with Crippen LogP contribution in [0.1, 0.15) is 24.8 Å². The molecule has 28 heavy (non-hydrogen) atoms. The second-order valence-corrected chi connectivity index (χ2v) is 6.82. The van der Waals surface area contributed by atoms with Gasteiger partial charge >= 0.3 is 0 Å². The van der Waals surface area contributed by atoms with E-state index in [4.69, 9.17) is 4.74 Å². The highest BCUT2D eigenvalue weighted by Gasteiger charge is 2.21. The van der Waals surface area contributed by atoms with Crippen LogP contribution in [-0.2, 0) is 16.1 Å². The number of aliphatic imine (C=N–C) groups is 1. The molecule has 0 saturated carbocycles. The van der Waals surface area contributed by atoms with Gasteiger partial charge in [0.2, 0.25) is 5.91 Å². The summed E-state index contributed by atoms with van der Waals surface area (Å²) in [5.41, 5.74) is 2.15. The molecule has 8 heteroatoms. The van der Waals surface area contributed by atoms with E-state index in [9.17, 15) is 4.79 Å². The minimum atomic E-state index is 0. The Bertz CT molecular complexity index is 609. The molecular weight excluding hydrogens is 469 g/mol. The fraction of sp³-hybridized carbons (Fsp3) is 0.600. The Morgan fingerprint density at radius 3 is 2.61 bits per heavy atom. The maximum Gasteiger partial charge on any atom is 0.227 e. The van der Waals surface area contributed by atoms with Crippen molar-refractivity contribution in [1.29, 1.82) is 0 Å². The summed E-state index contributed by atoms with van der Waals surface area (Å²) in [5, 5.41) is 6.67. The Balaban J connectivity index is 0.00000392. The third-order valence-corrected chi connectivity index (χ3v) is 4.69. The number of rotatable bonds is 10. The van der Waals surface area contributed by atoms with Crippen LogP contribution in [-0.4, -0.2) is 70.8 Å². The van der Waals surface area contributed by atoms with Crippen molar-refractivity contribution in [3.05, 3.63) is 29.8 Å². The highest BCUT2D eigenvalue weighted by molar-refractivity contribution is 14.0. The molecular formula is C20H34IN5O2. The van der Waals surface area contributed by atoms with Gasteiger partial charge in [0, 0.05) is 52.4 Å². The Labute approximate surface area is 185 Å². The number of halogens is 1. The zero-order chi connectivity index (χ0) is 19.5. The average Bonchev–Trinajstić information content (AvgIpc) is 3.12. The number of carbonyl (C=O) groups excluding carboxylic acids is 1. The van der Waals surface area contributed by atoms with Crippen LogP contribution in [0, 0.1) is 0 Å². The smallest absolute Gasteiger partial charge is 0.227 e. The summed E-state index contributed by atoms with van der Waals surface area (Å²) >= 11 is 0. The molecule has 158 valence electrons. The zero-order valence-electron chi connectivity index (χ0n) is 17.2. The third-order valence-electron chi connectivity index (χ3n) is 4.69. The molecule has 1 amide bonds. The largest absolute Gasteiger partial charge is 0.383 e. The highest BCUT2D eigenvalue weighted by atomic mass is 127. The fourth-order valence-corrected chi connectivity index (χ4v) is 3.04. The predicted molar refractivity (Wildman–Crippen MR) is 126 cm³/mol. The molecule has 1 saturated heterocycles. The van der Waals surface area contributed by atoms with Gasteiger partial charge in [-0.3, -0.25) is 9.79 Å². The maximum atomic E-state index is 11.8. The predicted octanol–water partition coefficient (Wildman–Crippen LogP) is 2.06. The molecule has 0 atom stereocenters. The Kier molecular flexibility index (Phi) is 12.1. The number of ether oxygens (including phenoxy) is 1. The van der Waals surface area contributed by atoms with Gasteiger partial charge in [-0.15, -0.1) is 24.0 Å². The van der Waals surface area contributed by atoms with Crippen LogP contribution < -0.4 is 15.5 Å². The molecule has 7 nitrogen and oxygen atoms in total. The summed E-state index contributed by atoms with van der Waals surface area (Å²) in [6.45, 7) is 5.12. The van der Waals surface area contributed by atoms with Crippen LogP contribution in [0.5, 0.6) is 0 Å². The van der Waals surface area contributed by atoms with Crippen molar-refractivity contribution in [2.75, 3.05) is 58.9 Å². The molecule has 1 aliphatic heterocycles. The number of likely N-dealkylation sites (N-methyl/N-ethyl adjacent to an activating group) is 1. The van der Waals surface area contributed by atoms with Crippen molar-refractivity contribution < 1.29 is 9.53 Å². The lowest BCUT2D eigenvalue weighted by molar-refractivity contribution is -0.117. The number of guanidine groups is 1. The monoisotopic (exact) mass is 503 g/mol. The van der Waals surface area contributed by atoms with E-state index in [0.717, 1.165) is 62.8 Å². The molecule has 0 aliphatic carbocycles. The van der Waals surface area contributed by atoms with Crippen LogP contribution >= 0.6 is 24.0 Å². The number of hydrogen-bond acceptors (Lipinski definition) is 4. The summed E-state index contributed by atoms with van der Waals surface area (Å²) in [6, 6.07) is 8.16. The molecule has 1 aromatic carbocycles. The topological polar surface area (TPSA) is 69.2 Å². The van der Waals surface area contributed by atoms with Crippen molar-refractivity contribution in [3.8, 4) is 0 Å². The molecule has 1 heterocycles. The summed E-state index contributed by atoms with van der Waals surface area (Å²) in [7, 11) is 5.61. The van der Waals surface area contributed by atoms with E-state index in [1.165, 1.54) is 0 Å². The van der Waals surface area contributed by atoms with E-state index >= 15 is 0 Å². The van der Waals surface area contributed by atoms with Gasteiger partial charge < -0.3 is 25.2 Å². The van der Waals surface area contributed by atoms with Gasteiger partial charge in [0.15, 0.2) is 5.96 Å². The molecule has 0 spiro atoms. The van der Waals surface area contributed by atoms with Crippen LogP contribution in [0.4, 0.5) is 5.69 Å². The van der Waals surface area contributed by atoms with Gasteiger partial charge in [-0.05, 0) is 44.1 Å². The number of anilines is 1. The van der Waals surface area contributed by atoms with Crippen molar-refractivity contribution in [2.24, 2.45) is 4.99 Å². The number of nitrogens with zero attached hydrogens (tertiary/aromatic N) is 3. The second-order valence-electron chi connectivity index (χ2n) is 6.82. The molecule has 2 rings (SSSR count). The van der Waals surface area contributed by atoms with Crippen LogP contribution in [0.25, 0.3) is 0 Å². The fourth-order valence-electron chi connectivity index (χ4n) is 3.04. The van der Waals surface area contributed by atoms with Crippen LogP contribution in [0.3, 0.4) is 0 Å². The summed E-state index contributed by atoms with van der Waals surface area (Å²) in [5.74, 6) is 1.02. The van der Waals surface area contributed by atoms with E-state index in [1.807, 2.05) is 17.0 Å².